The Morgan fingerprint density at radius 1 is 1.00 bits per heavy atom. The molecule has 3 aromatic rings. The molecular formula is C22H20N2O6S. The number of nitrogens with one attached hydrogen (secondary N) is 1. The zero-order chi connectivity index (χ0) is 22.6. The van der Waals surface area contributed by atoms with E-state index >= 15 is 0 Å². The van der Waals surface area contributed by atoms with E-state index in [2.05, 4.69) is 5.32 Å². The van der Waals surface area contributed by atoms with Crippen LogP contribution >= 0.6 is 0 Å². The average Bonchev–Trinajstić information content (AvgIpc) is 2.70. The first-order valence-electron chi connectivity index (χ1n) is 9.16. The third-order valence-electron chi connectivity index (χ3n) is 4.48. The van der Waals surface area contributed by atoms with Crippen molar-refractivity contribution in [1.82, 2.24) is 0 Å². The van der Waals surface area contributed by atoms with Crippen molar-refractivity contribution in [3.8, 4) is 11.5 Å². The Bertz CT molecular complexity index is 1250. The first-order chi connectivity index (χ1) is 14.6. The van der Waals surface area contributed by atoms with E-state index in [0.717, 1.165) is 11.1 Å². The maximum Gasteiger partial charge on any atom is 0.339 e. The quantitative estimate of drug-likeness (QED) is 0.516. The number of benzene rings is 3. The normalized spacial score (nSPS) is 11.0. The Hall–Kier alpha value is -3.69. The molecule has 0 fully saturated rings. The van der Waals surface area contributed by atoms with Gasteiger partial charge in [-0.25, -0.2) is 18.4 Å². The number of aromatic carboxylic acids is 1. The second-order valence-electron chi connectivity index (χ2n) is 6.76. The van der Waals surface area contributed by atoms with E-state index in [0.29, 0.717) is 0 Å². The predicted molar refractivity (Wildman–Crippen MR) is 115 cm³/mol. The molecule has 9 heteroatoms. The molecule has 4 N–H and O–H groups in total. The van der Waals surface area contributed by atoms with Gasteiger partial charge in [0.05, 0.1) is 6.42 Å². The molecule has 0 saturated carbocycles. The lowest BCUT2D eigenvalue weighted by Crippen LogP contribution is -2.17. The van der Waals surface area contributed by atoms with Crippen LogP contribution in [0.15, 0.2) is 71.6 Å². The van der Waals surface area contributed by atoms with E-state index in [4.69, 9.17) is 9.88 Å². The summed E-state index contributed by atoms with van der Waals surface area (Å²) < 4.78 is 29.8. The molecule has 0 heterocycles. The highest BCUT2D eigenvalue weighted by molar-refractivity contribution is 7.89. The van der Waals surface area contributed by atoms with Crippen LogP contribution in [-0.2, 0) is 21.2 Å². The number of carboxylic acid groups (broad SMARTS) is 1. The van der Waals surface area contributed by atoms with Gasteiger partial charge in [0.25, 0.3) is 0 Å². The summed E-state index contributed by atoms with van der Waals surface area (Å²) in [6.45, 7) is 1.89. The van der Waals surface area contributed by atoms with Crippen molar-refractivity contribution in [3.63, 3.8) is 0 Å². The van der Waals surface area contributed by atoms with Crippen molar-refractivity contribution in [2.24, 2.45) is 5.14 Å². The lowest BCUT2D eigenvalue weighted by molar-refractivity contribution is -0.115. The Morgan fingerprint density at radius 2 is 1.68 bits per heavy atom. The molecule has 3 aromatic carbocycles. The second-order valence-corrected chi connectivity index (χ2v) is 8.29. The summed E-state index contributed by atoms with van der Waals surface area (Å²) in [4.78, 5) is 23.4. The topological polar surface area (TPSA) is 136 Å². The van der Waals surface area contributed by atoms with Crippen molar-refractivity contribution in [3.05, 3.63) is 83.4 Å². The van der Waals surface area contributed by atoms with Crippen LogP contribution in [0, 0.1) is 6.92 Å². The van der Waals surface area contributed by atoms with E-state index in [-0.39, 0.29) is 40.0 Å². The predicted octanol–water partition coefficient (Wildman–Crippen LogP) is 3.31. The number of primary sulfonamides is 1. The van der Waals surface area contributed by atoms with Crippen LogP contribution in [0.1, 0.15) is 21.5 Å². The number of amides is 1. The van der Waals surface area contributed by atoms with E-state index in [9.17, 15) is 23.1 Å². The monoisotopic (exact) mass is 440 g/mol. The minimum atomic E-state index is -4.23. The number of ether oxygens (including phenoxy) is 1. The summed E-state index contributed by atoms with van der Waals surface area (Å²) >= 11 is 0. The number of hydrogen-bond donors (Lipinski definition) is 3. The van der Waals surface area contributed by atoms with Crippen LogP contribution in [-0.4, -0.2) is 25.4 Å². The van der Waals surface area contributed by atoms with Crippen molar-refractivity contribution >= 4 is 27.6 Å². The van der Waals surface area contributed by atoms with Crippen LogP contribution in [0.25, 0.3) is 0 Å². The molecule has 0 radical (unpaired) electrons. The number of rotatable bonds is 7. The molecule has 160 valence electrons. The Labute approximate surface area is 179 Å². The fourth-order valence-corrected chi connectivity index (χ4v) is 3.61. The average molecular weight is 440 g/mol. The number of hydrogen-bond acceptors (Lipinski definition) is 5. The molecule has 0 aliphatic heterocycles. The van der Waals surface area contributed by atoms with E-state index in [1.54, 1.807) is 6.07 Å². The minimum Gasteiger partial charge on any atom is -0.478 e. The van der Waals surface area contributed by atoms with Gasteiger partial charge in [0, 0.05) is 5.69 Å². The maximum atomic E-state index is 12.4. The number of aryl methyl sites for hydroxylation is 1. The first-order valence-corrected chi connectivity index (χ1v) is 10.7. The molecule has 31 heavy (non-hydrogen) atoms. The third kappa shape index (κ3) is 5.47. The summed E-state index contributed by atoms with van der Waals surface area (Å²) in [6, 6.07) is 17.1. The molecule has 0 aliphatic carbocycles. The van der Waals surface area contributed by atoms with Gasteiger partial charge in [-0.1, -0.05) is 36.4 Å². The molecular weight excluding hydrogens is 420 g/mol. The summed E-state index contributed by atoms with van der Waals surface area (Å²) in [7, 11) is -4.23. The van der Waals surface area contributed by atoms with Crippen LogP contribution in [0.3, 0.4) is 0 Å². The minimum absolute atomic E-state index is 0.0451. The zero-order valence-electron chi connectivity index (χ0n) is 16.5. The smallest absolute Gasteiger partial charge is 0.339 e. The van der Waals surface area contributed by atoms with Gasteiger partial charge in [-0.2, -0.15) is 0 Å². The summed E-state index contributed by atoms with van der Waals surface area (Å²) in [6.07, 6.45) is 0.113. The Kier molecular flexibility index (Phi) is 6.38. The van der Waals surface area contributed by atoms with Gasteiger partial charge >= 0.3 is 5.97 Å². The van der Waals surface area contributed by atoms with Gasteiger partial charge in [0.1, 0.15) is 22.0 Å². The fourth-order valence-electron chi connectivity index (χ4n) is 2.93. The van der Waals surface area contributed by atoms with Gasteiger partial charge in [-0.3, -0.25) is 4.79 Å². The maximum absolute atomic E-state index is 12.4. The molecule has 3 rings (SSSR count). The van der Waals surface area contributed by atoms with Gasteiger partial charge in [0.15, 0.2) is 0 Å². The number of sulfonamides is 1. The van der Waals surface area contributed by atoms with Gasteiger partial charge in [-0.05, 0) is 48.4 Å². The molecule has 1 amide bonds. The SMILES string of the molecule is Cc1ccccc1CC(=O)Nc1ccc(Oc2ccccc2C(=O)O)c(S(N)(=O)=O)c1. The zero-order valence-corrected chi connectivity index (χ0v) is 17.3. The Morgan fingerprint density at radius 3 is 2.35 bits per heavy atom. The van der Waals surface area contributed by atoms with Crippen LogP contribution in [0.5, 0.6) is 11.5 Å². The molecule has 0 aliphatic rings. The van der Waals surface area contributed by atoms with Crippen molar-refractivity contribution in [2.75, 3.05) is 5.32 Å². The number of nitrogens with two attached hydrogens (primary N) is 1. The van der Waals surface area contributed by atoms with E-state index in [1.165, 1.54) is 36.4 Å². The molecule has 0 aromatic heterocycles. The highest BCUT2D eigenvalue weighted by atomic mass is 32.2. The highest BCUT2D eigenvalue weighted by Gasteiger charge is 2.20. The summed E-state index contributed by atoms with van der Waals surface area (Å²) in [5, 5.41) is 17.2. The second kappa shape index (κ2) is 8.99. The number of para-hydroxylation sites is 1. The van der Waals surface area contributed by atoms with Gasteiger partial charge in [0.2, 0.25) is 15.9 Å². The number of carbonyl (C=O) groups excluding carboxylic acids is 1. The molecule has 0 bridgehead atoms. The third-order valence-corrected chi connectivity index (χ3v) is 5.42. The first kappa shape index (κ1) is 22.0. The number of carbonyl (C=O) groups is 2. The van der Waals surface area contributed by atoms with Crippen LogP contribution < -0.4 is 15.2 Å². The van der Waals surface area contributed by atoms with Gasteiger partial charge < -0.3 is 15.2 Å². The molecule has 8 nitrogen and oxygen atoms in total. The summed E-state index contributed by atoms with van der Waals surface area (Å²) in [5.74, 6) is -1.77. The lowest BCUT2D eigenvalue weighted by atomic mass is 10.1. The lowest BCUT2D eigenvalue weighted by Gasteiger charge is -2.14. The van der Waals surface area contributed by atoms with E-state index < -0.39 is 16.0 Å². The fraction of sp³-hybridized carbons (Fsp3) is 0.0909. The van der Waals surface area contributed by atoms with E-state index in [1.807, 2.05) is 31.2 Å². The molecule has 0 saturated heterocycles. The molecule has 0 spiro atoms. The van der Waals surface area contributed by atoms with Crippen molar-refractivity contribution in [1.29, 1.82) is 0 Å². The highest BCUT2D eigenvalue weighted by Crippen LogP contribution is 2.32. The van der Waals surface area contributed by atoms with Crippen molar-refractivity contribution in [2.45, 2.75) is 18.2 Å². The van der Waals surface area contributed by atoms with Crippen LogP contribution in [0.4, 0.5) is 5.69 Å². The van der Waals surface area contributed by atoms with Crippen molar-refractivity contribution < 1.29 is 27.9 Å². The Balaban J connectivity index is 1.88. The molecule has 0 unspecified atom stereocenters. The summed E-state index contributed by atoms with van der Waals surface area (Å²) in [5.41, 5.74) is 1.88. The number of carboxylic acids is 1. The largest absolute Gasteiger partial charge is 0.478 e. The standard InChI is InChI=1S/C22H20N2O6S/c1-14-6-2-3-7-15(14)12-21(25)24-16-10-11-19(20(13-16)31(23,28)29)30-18-9-5-4-8-17(18)22(26)27/h2-11,13H,12H2,1H3,(H,24,25)(H,26,27)(H2,23,28,29). The number of anilines is 1. The molecule has 0 atom stereocenters. The van der Waals surface area contributed by atoms with Crippen LogP contribution in [0.2, 0.25) is 0 Å². The van der Waals surface area contributed by atoms with Gasteiger partial charge in [-0.15, -0.1) is 0 Å².